The number of aromatic nitrogens is 1. The number of nitrogens with zero attached hydrogens (tertiary/aromatic N) is 4. The summed E-state index contributed by atoms with van der Waals surface area (Å²) >= 11 is 11.4. The van der Waals surface area contributed by atoms with Crippen LogP contribution in [0.1, 0.15) is 11.3 Å². The van der Waals surface area contributed by atoms with Crippen LogP contribution in [0, 0.1) is 10.1 Å². The van der Waals surface area contributed by atoms with Gasteiger partial charge in [0.05, 0.1) is 15.5 Å². The molecule has 2 heterocycles. The van der Waals surface area contributed by atoms with Crippen LogP contribution in [0.5, 0.6) is 0 Å². The molecule has 0 radical (unpaired) electrons. The number of alkyl halides is 3. The lowest BCUT2D eigenvalue weighted by atomic mass is 10.1. The fourth-order valence-corrected chi connectivity index (χ4v) is 3.64. The predicted molar refractivity (Wildman–Crippen MR) is 107 cm³/mol. The van der Waals surface area contributed by atoms with Crippen LogP contribution in [0.15, 0.2) is 36.5 Å². The first kappa shape index (κ1) is 21.3. The van der Waals surface area contributed by atoms with E-state index in [2.05, 4.69) is 4.98 Å². The zero-order valence-electron chi connectivity index (χ0n) is 15.0. The summed E-state index contributed by atoms with van der Waals surface area (Å²) in [6, 6.07) is 6.01. The number of thiocarbonyl (C=S) groups is 1. The summed E-state index contributed by atoms with van der Waals surface area (Å²) in [7, 11) is 0. The first-order chi connectivity index (χ1) is 13.6. The number of benzene rings is 1. The van der Waals surface area contributed by atoms with Gasteiger partial charge in [0.2, 0.25) is 0 Å². The first-order valence-corrected chi connectivity index (χ1v) is 9.42. The molecular formula is C18H16ClF3N4O2S. The Morgan fingerprint density at radius 3 is 2.48 bits per heavy atom. The Balaban J connectivity index is 1.69. The van der Waals surface area contributed by atoms with Crippen LogP contribution in [0.4, 0.5) is 24.5 Å². The molecule has 0 amide bonds. The molecule has 0 spiro atoms. The summed E-state index contributed by atoms with van der Waals surface area (Å²) in [5.41, 5.74) is -0.686. The Morgan fingerprint density at radius 1 is 1.21 bits per heavy atom. The lowest BCUT2D eigenvalue weighted by molar-refractivity contribution is -0.384. The zero-order chi connectivity index (χ0) is 21.2. The minimum atomic E-state index is -4.64. The molecule has 1 aromatic heterocycles. The quantitative estimate of drug-likeness (QED) is 0.397. The van der Waals surface area contributed by atoms with Crippen molar-refractivity contribution in [3.8, 4) is 0 Å². The fraction of sp³-hybridized carbons (Fsp3) is 0.333. The number of nitro benzene ring substituents is 1. The van der Waals surface area contributed by atoms with E-state index in [1.807, 2.05) is 4.90 Å². The van der Waals surface area contributed by atoms with Crippen molar-refractivity contribution in [2.75, 3.05) is 31.1 Å². The van der Waals surface area contributed by atoms with Crippen LogP contribution in [0.3, 0.4) is 0 Å². The monoisotopic (exact) mass is 444 g/mol. The van der Waals surface area contributed by atoms with Gasteiger partial charge in [-0.05, 0) is 24.3 Å². The van der Waals surface area contributed by atoms with Gasteiger partial charge in [-0.15, -0.1) is 0 Å². The van der Waals surface area contributed by atoms with Crippen LogP contribution in [-0.2, 0) is 12.6 Å². The zero-order valence-corrected chi connectivity index (χ0v) is 16.6. The molecule has 0 bridgehead atoms. The van der Waals surface area contributed by atoms with Crippen molar-refractivity contribution >= 4 is 40.2 Å². The number of hydrogen-bond donors (Lipinski definition) is 0. The SMILES string of the molecule is O=[N+]([O-])c1cc(C(F)(F)F)ccc1N1CCN(C(=S)Cc2cc(Cl)ccn2)CC1. The molecular weight excluding hydrogens is 429 g/mol. The molecule has 1 aromatic carbocycles. The molecule has 11 heteroatoms. The molecule has 154 valence electrons. The molecule has 1 aliphatic rings. The molecule has 6 nitrogen and oxygen atoms in total. The van der Waals surface area contributed by atoms with Gasteiger partial charge in [-0.3, -0.25) is 15.1 Å². The molecule has 0 aliphatic carbocycles. The van der Waals surface area contributed by atoms with E-state index in [-0.39, 0.29) is 5.69 Å². The molecule has 0 N–H and O–H groups in total. The minimum absolute atomic E-state index is 0.171. The number of piperazine rings is 1. The van der Waals surface area contributed by atoms with E-state index in [0.717, 1.165) is 17.8 Å². The average molecular weight is 445 g/mol. The van der Waals surface area contributed by atoms with Gasteiger partial charge in [0.1, 0.15) is 5.69 Å². The van der Waals surface area contributed by atoms with E-state index in [1.54, 1.807) is 23.2 Å². The van der Waals surface area contributed by atoms with Gasteiger partial charge >= 0.3 is 6.18 Å². The number of anilines is 1. The first-order valence-electron chi connectivity index (χ1n) is 8.64. The van der Waals surface area contributed by atoms with Gasteiger partial charge in [-0.1, -0.05) is 23.8 Å². The maximum Gasteiger partial charge on any atom is 0.416 e. The number of pyridine rings is 1. The maximum atomic E-state index is 12.9. The van der Waals surface area contributed by atoms with Gasteiger partial charge in [-0.25, -0.2) is 0 Å². The van der Waals surface area contributed by atoms with Gasteiger partial charge in [-0.2, -0.15) is 13.2 Å². The Kier molecular flexibility index (Phi) is 6.23. The second-order valence-electron chi connectivity index (χ2n) is 6.47. The van der Waals surface area contributed by atoms with Crippen molar-refractivity contribution in [3.63, 3.8) is 0 Å². The van der Waals surface area contributed by atoms with Crippen LogP contribution in [0.25, 0.3) is 0 Å². The summed E-state index contributed by atoms with van der Waals surface area (Å²) in [5.74, 6) is 0. The Bertz CT molecular complexity index is 934. The lowest BCUT2D eigenvalue weighted by Crippen LogP contribution is -2.49. The molecule has 1 saturated heterocycles. The molecule has 2 aromatic rings. The summed E-state index contributed by atoms with van der Waals surface area (Å²) in [4.78, 5) is 19.1. The second-order valence-corrected chi connectivity index (χ2v) is 7.38. The van der Waals surface area contributed by atoms with E-state index in [0.29, 0.717) is 48.7 Å². The van der Waals surface area contributed by atoms with Crippen LogP contribution >= 0.6 is 23.8 Å². The van der Waals surface area contributed by atoms with E-state index in [4.69, 9.17) is 23.8 Å². The molecule has 1 fully saturated rings. The highest BCUT2D eigenvalue weighted by molar-refractivity contribution is 7.80. The average Bonchev–Trinajstić information content (AvgIpc) is 2.67. The molecule has 3 rings (SSSR count). The Labute approximate surface area is 175 Å². The number of rotatable bonds is 4. The van der Waals surface area contributed by atoms with Crippen molar-refractivity contribution in [2.45, 2.75) is 12.6 Å². The van der Waals surface area contributed by atoms with Gasteiger partial charge in [0.25, 0.3) is 5.69 Å². The van der Waals surface area contributed by atoms with Crippen LogP contribution in [0.2, 0.25) is 5.02 Å². The maximum absolute atomic E-state index is 12.9. The molecule has 0 unspecified atom stereocenters. The van der Waals surface area contributed by atoms with Crippen LogP contribution in [-0.4, -0.2) is 46.0 Å². The minimum Gasteiger partial charge on any atom is -0.362 e. The predicted octanol–water partition coefficient (Wildman–Crippen LogP) is 4.35. The van der Waals surface area contributed by atoms with E-state index in [1.165, 1.54) is 0 Å². The second kappa shape index (κ2) is 8.50. The third-order valence-electron chi connectivity index (χ3n) is 4.58. The third kappa shape index (κ3) is 5.13. The van der Waals surface area contributed by atoms with Crippen molar-refractivity contribution in [1.82, 2.24) is 9.88 Å². The van der Waals surface area contributed by atoms with E-state index in [9.17, 15) is 23.3 Å². The summed E-state index contributed by atoms with van der Waals surface area (Å²) in [6.45, 7) is 1.79. The topological polar surface area (TPSA) is 62.5 Å². The van der Waals surface area contributed by atoms with Gasteiger partial charge in [0.15, 0.2) is 0 Å². The standard InChI is InChI=1S/C18H16ClF3N4O2S/c19-13-3-4-23-14(10-13)11-17(29)25-7-5-24(6-8-25)15-2-1-12(18(20,21)22)9-16(15)26(27)28/h1-4,9-10H,5-8,11H2. The lowest BCUT2D eigenvalue weighted by Gasteiger charge is -2.37. The Hall–Kier alpha value is -2.46. The number of hydrogen-bond acceptors (Lipinski definition) is 5. The molecule has 0 atom stereocenters. The number of nitro groups is 1. The summed E-state index contributed by atoms with van der Waals surface area (Å²) in [5, 5.41) is 11.9. The van der Waals surface area contributed by atoms with Gasteiger partial charge < -0.3 is 9.80 Å². The summed E-state index contributed by atoms with van der Waals surface area (Å²) < 4.78 is 38.6. The normalized spacial score (nSPS) is 14.8. The van der Waals surface area contributed by atoms with Crippen molar-refractivity contribution in [1.29, 1.82) is 0 Å². The van der Waals surface area contributed by atoms with Gasteiger partial charge in [0, 0.05) is 55.6 Å². The van der Waals surface area contributed by atoms with Crippen LogP contribution < -0.4 is 4.90 Å². The molecule has 0 saturated carbocycles. The molecule has 1 aliphatic heterocycles. The highest BCUT2D eigenvalue weighted by atomic mass is 35.5. The van der Waals surface area contributed by atoms with E-state index >= 15 is 0 Å². The highest BCUT2D eigenvalue weighted by Crippen LogP contribution is 2.36. The Morgan fingerprint density at radius 2 is 1.90 bits per heavy atom. The fourth-order valence-electron chi connectivity index (χ4n) is 3.12. The number of halogens is 4. The van der Waals surface area contributed by atoms with Crippen molar-refractivity contribution in [3.05, 3.63) is 62.9 Å². The largest absolute Gasteiger partial charge is 0.416 e. The summed E-state index contributed by atoms with van der Waals surface area (Å²) in [6.07, 6.45) is -2.60. The third-order valence-corrected chi connectivity index (χ3v) is 5.22. The highest BCUT2D eigenvalue weighted by Gasteiger charge is 2.34. The van der Waals surface area contributed by atoms with Crippen molar-refractivity contribution in [2.24, 2.45) is 0 Å². The smallest absolute Gasteiger partial charge is 0.362 e. The van der Waals surface area contributed by atoms with Crippen molar-refractivity contribution < 1.29 is 18.1 Å². The van der Waals surface area contributed by atoms with E-state index < -0.39 is 22.4 Å². The molecule has 29 heavy (non-hydrogen) atoms.